The van der Waals surface area contributed by atoms with E-state index in [2.05, 4.69) is 32.6 Å². The molecule has 2 N–H and O–H groups in total. The molecule has 7 heteroatoms. The quantitative estimate of drug-likeness (QED) is 0.423. The minimum Gasteiger partial charge on any atom is -0.456 e. The van der Waals surface area contributed by atoms with Crippen molar-refractivity contribution in [2.45, 2.75) is 108 Å². The molecule has 4 bridgehead atoms. The summed E-state index contributed by atoms with van der Waals surface area (Å²) in [6.07, 6.45) is 13.7. The first kappa shape index (κ1) is 28.0. The first-order chi connectivity index (χ1) is 17.8. The van der Waals surface area contributed by atoms with Crippen molar-refractivity contribution in [2.24, 2.45) is 5.92 Å². The zero-order valence-corrected chi connectivity index (χ0v) is 22.0. The second-order valence-electron chi connectivity index (χ2n) is 11.0. The number of rotatable bonds is 2. The van der Waals surface area contributed by atoms with E-state index >= 15 is 0 Å². The van der Waals surface area contributed by atoms with Gasteiger partial charge in [-0.1, -0.05) is 61.1 Å². The molecule has 0 aromatic heterocycles. The van der Waals surface area contributed by atoms with Gasteiger partial charge < -0.3 is 29.2 Å². The normalized spacial score (nSPS) is 41.1. The van der Waals surface area contributed by atoms with Crippen LogP contribution in [0.2, 0.25) is 0 Å². The van der Waals surface area contributed by atoms with Crippen LogP contribution in [0.1, 0.15) is 58.8 Å². The summed E-state index contributed by atoms with van der Waals surface area (Å²) < 4.78 is 23.9. The summed E-state index contributed by atoms with van der Waals surface area (Å²) >= 11 is 0. The molecular weight excluding hydrogens is 472 g/mol. The number of carbonyl (C=O) groups excluding carboxylic acids is 1. The van der Waals surface area contributed by atoms with Crippen molar-refractivity contribution in [1.82, 2.24) is 0 Å². The molecule has 0 aromatic rings. The van der Waals surface area contributed by atoms with Crippen LogP contribution >= 0.6 is 0 Å². The van der Waals surface area contributed by atoms with Crippen molar-refractivity contribution in [3.05, 3.63) is 60.3 Å². The van der Waals surface area contributed by atoms with Crippen molar-refractivity contribution in [3.63, 3.8) is 0 Å². The second-order valence-corrected chi connectivity index (χ2v) is 11.0. The van der Waals surface area contributed by atoms with Crippen LogP contribution in [0, 0.1) is 5.92 Å². The fourth-order valence-corrected chi connectivity index (χ4v) is 5.62. The minimum atomic E-state index is -1.12. The van der Waals surface area contributed by atoms with E-state index in [0.717, 1.165) is 31.3 Å². The molecule has 2 unspecified atom stereocenters. The van der Waals surface area contributed by atoms with E-state index in [1.165, 1.54) is 11.6 Å². The highest BCUT2D eigenvalue weighted by Crippen LogP contribution is 2.31. The maximum absolute atomic E-state index is 12.7. The van der Waals surface area contributed by atoms with Crippen molar-refractivity contribution < 1.29 is 34.0 Å². The van der Waals surface area contributed by atoms with Gasteiger partial charge in [-0.15, -0.1) is 0 Å². The summed E-state index contributed by atoms with van der Waals surface area (Å²) in [7, 11) is 0. The first-order valence-electron chi connectivity index (χ1n) is 13.6. The lowest BCUT2D eigenvalue weighted by molar-refractivity contribution is -0.144. The van der Waals surface area contributed by atoms with Gasteiger partial charge in [0.1, 0.15) is 18.3 Å². The van der Waals surface area contributed by atoms with E-state index in [-0.39, 0.29) is 31.2 Å². The molecular formula is C30H42O7. The highest BCUT2D eigenvalue weighted by atomic mass is 16.6. The number of hydrogen-bond donors (Lipinski definition) is 2. The standard InChI is InChI=1S/C30H42O7/c1-19-12-13-34-23(15-19)10-11-26-27-18-28(36-26)30(33)25(31)17-21(3)14-20(2)16-24-8-4-6-22(35-24)7-5-9-29(32)37-27/h4-6,9-12,20,22-28,30-31,33H,3,7-8,13-18H2,1-2H3/b9-5-,11-10+/t20?,22-,23-,24-,25?,26+,27+,28-,30+/m0/s1. The van der Waals surface area contributed by atoms with Gasteiger partial charge >= 0.3 is 5.97 Å². The Labute approximate surface area is 220 Å². The van der Waals surface area contributed by atoms with Crippen LogP contribution in [0.5, 0.6) is 0 Å². The van der Waals surface area contributed by atoms with Crippen molar-refractivity contribution in [3.8, 4) is 0 Å². The predicted molar refractivity (Wildman–Crippen MR) is 141 cm³/mol. The molecule has 4 aliphatic heterocycles. The van der Waals surface area contributed by atoms with Gasteiger partial charge in [-0.05, 0) is 51.4 Å². The number of ether oxygens (including phenoxy) is 4. The summed E-state index contributed by atoms with van der Waals surface area (Å²) in [5, 5.41) is 21.7. The molecule has 204 valence electrons. The van der Waals surface area contributed by atoms with E-state index in [1.807, 2.05) is 18.2 Å². The maximum Gasteiger partial charge on any atom is 0.330 e. The zero-order valence-electron chi connectivity index (χ0n) is 22.0. The highest BCUT2D eigenvalue weighted by Gasteiger charge is 2.42. The fraction of sp³-hybridized carbons (Fsp3) is 0.633. The number of aliphatic hydroxyl groups is 2. The Bertz CT molecular complexity index is 919. The molecule has 37 heavy (non-hydrogen) atoms. The first-order valence-corrected chi connectivity index (χ1v) is 13.6. The van der Waals surface area contributed by atoms with Crippen LogP contribution in [-0.2, 0) is 23.7 Å². The number of hydrogen-bond acceptors (Lipinski definition) is 7. The molecule has 0 saturated carbocycles. The Morgan fingerprint density at radius 2 is 1.86 bits per heavy atom. The van der Waals surface area contributed by atoms with Crippen LogP contribution in [0.4, 0.5) is 0 Å². The van der Waals surface area contributed by atoms with E-state index in [1.54, 1.807) is 6.08 Å². The molecule has 0 radical (unpaired) electrons. The summed E-state index contributed by atoms with van der Waals surface area (Å²) in [6, 6.07) is 0. The lowest BCUT2D eigenvalue weighted by Crippen LogP contribution is -2.37. The van der Waals surface area contributed by atoms with Gasteiger partial charge in [-0.2, -0.15) is 0 Å². The van der Waals surface area contributed by atoms with Gasteiger partial charge in [-0.3, -0.25) is 0 Å². The third-order valence-electron chi connectivity index (χ3n) is 7.53. The molecule has 4 heterocycles. The molecule has 0 amide bonds. The minimum absolute atomic E-state index is 0.0723. The Kier molecular flexibility index (Phi) is 9.96. The van der Waals surface area contributed by atoms with E-state index < -0.39 is 36.5 Å². The smallest absolute Gasteiger partial charge is 0.330 e. The number of esters is 1. The van der Waals surface area contributed by atoms with Crippen LogP contribution in [0.15, 0.2) is 60.3 Å². The molecule has 4 aliphatic rings. The van der Waals surface area contributed by atoms with E-state index in [9.17, 15) is 15.0 Å². The molecule has 0 spiro atoms. The number of aliphatic hydroxyl groups excluding tert-OH is 2. The largest absolute Gasteiger partial charge is 0.456 e. The van der Waals surface area contributed by atoms with Crippen molar-refractivity contribution in [2.75, 3.05) is 6.61 Å². The lowest BCUT2D eigenvalue weighted by Gasteiger charge is -2.28. The van der Waals surface area contributed by atoms with Crippen LogP contribution in [0.25, 0.3) is 0 Å². The van der Waals surface area contributed by atoms with Gasteiger partial charge in [0.2, 0.25) is 0 Å². The Morgan fingerprint density at radius 1 is 1.03 bits per heavy atom. The predicted octanol–water partition coefficient (Wildman–Crippen LogP) is 4.11. The Morgan fingerprint density at radius 3 is 2.68 bits per heavy atom. The van der Waals surface area contributed by atoms with Crippen LogP contribution in [0.3, 0.4) is 0 Å². The molecule has 7 nitrogen and oxygen atoms in total. The third kappa shape index (κ3) is 8.23. The molecule has 4 rings (SSSR count). The zero-order chi connectivity index (χ0) is 26.4. The molecule has 9 atom stereocenters. The second kappa shape index (κ2) is 13.2. The van der Waals surface area contributed by atoms with E-state index in [4.69, 9.17) is 18.9 Å². The molecule has 1 saturated heterocycles. The molecule has 0 aliphatic carbocycles. The summed E-state index contributed by atoms with van der Waals surface area (Å²) in [6.45, 7) is 8.95. The lowest BCUT2D eigenvalue weighted by atomic mass is 9.90. The molecule has 1 fully saturated rings. The average Bonchev–Trinajstić information content (AvgIpc) is 3.24. The van der Waals surface area contributed by atoms with Crippen molar-refractivity contribution >= 4 is 5.97 Å². The SMILES string of the molecule is C=C1CC(C)C[C@@H]2CC=C[C@@H](C/C=C\C(=O)O[C@@H]3C[C@H](O[C@@H]3/C=C/[C@H]3CC(C)=CCO3)[C@H](O)C(O)C1)O2. The topological polar surface area (TPSA) is 94.5 Å². The van der Waals surface area contributed by atoms with Gasteiger partial charge in [0.25, 0.3) is 0 Å². The summed E-state index contributed by atoms with van der Waals surface area (Å²) in [5.74, 6) is -0.129. The molecule has 0 aromatic carbocycles. The summed E-state index contributed by atoms with van der Waals surface area (Å²) in [4.78, 5) is 12.7. The monoisotopic (exact) mass is 514 g/mol. The van der Waals surface area contributed by atoms with Crippen molar-refractivity contribution in [1.29, 1.82) is 0 Å². The van der Waals surface area contributed by atoms with Crippen LogP contribution < -0.4 is 0 Å². The van der Waals surface area contributed by atoms with Gasteiger partial charge in [0, 0.05) is 12.5 Å². The fourth-order valence-electron chi connectivity index (χ4n) is 5.62. The van der Waals surface area contributed by atoms with E-state index in [0.29, 0.717) is 18.9 Å². The van der Waals surface area contributed by atoms with Gasteiger partial charge in [-0.25, -0.2) is 4.79 Å². The average molecular weight is 515 g/mol. The summed E-state index contributed by atoms with van der Waals surface area (Å²) in [5.41, 5.74) is 2.15. The van der Waals surface area contributed by atoms with Gasteiger partial charge in [0.15, 0.2) is 0 Å². The van der Waals surface area contributed by atoms with Crippen LogP contribution in [-0.4, -0.2) is 71.6 Å². The number of carbonyl (C=O) groups is 1. The Balaban J connectivity index is 1.49. The highest BCUT2D eigenvalue weighted by molar-refractivity contribution is 5.82. The Hall–Kier alpha value is -2.03. The number of fused-ring (bicyclic) bond motifs is 4. The maximum atomic E-state index is 12.7. The van der Waals surface area contributed by atoms with Gasteiger partial charge in [0.05, 0.1) is 37.1 Å². The third-order valence-corrected chi connectivity index (χ3v) is 7.53.